The Labute approximate surface area is 124 Å². The van der Waals surface area contributed by atoms with E-state index in [4.69, 9.17) is 9.47 Å². The van der Waals surface area contributed by atoms with Gasteiger partial charge >= 0.3 is 0 Å². The Hall–Kier alpha value is -0.420. The lowest BCUT2D eigenvalue weighted by Crippen LogP contribution is -2.47. The maximum absolute atomic E-state index is 6.00. The van der Waals surface area contributed by atoms with Gasteiger partial charge in [0.25, 0.3) is 0 Å². The van der Waals surface area contributed by atoms with Crippen LogP contribution in [-0.4, -0.2) is 31.5 Å². The molecule has 1 N–H and O–H groups in total. The van der Waals surface area contributed by atoms with Gasteiger partial charge in [0, 0.05) is 42.0 Å². The predicted molar refractivity (Wildman–Crippen MR) is 80.3 cm³/mol. The van der Waals surface area contributed by atoms with Crippen LogP contribution in [0, 0.1) is 0 Å². The smallest absolute Gasteiger partial charge is 0.0951 e. The summed E-state index contributed by atoms with van der Waals surface area (Å²) in [7, 11) is 0. The molecule has 2 unspecified atom stereocenters. The fraction of sp³-hybridized carbons (Fsp3) is 0.750. The van der Waals surface area contributed by atoms with Crippen molar-refractivity contribution in [1.82, 2.24) is 5.32 Å². The van der Waals surface area contributed by atoms with Gasteiger partial charge in [-0.05, 0) is 43.7 Å². The largest absolute Gasteiger partial charge is 0.378 e. The highest BCUT2D eigenvalue weighted by atomic mass is 32.1. The number of hydrogen-bond donors (Lipinski definition) is 1. The number of hydrogen-bond acceptors (Lipinski definition) is 4. The molecule has 1 aromatic rings. The van der Waals surface area contributed by atoms with E-state index in [1.54, 1.807) is 10.4 Å². The zero-order valence-corrected chi connectivity index (χ0v) is 12.8. The molecule has 0 radical (unpaired) electrons. The molecular formula is C16H23NO2S. The minimum atomic E-state index is 0.0210. The van der Waals surface area contributed by atoms with Crippen molar-refractivity contribution in [2.45, 2.75) is 56.7 Å². The third-order valence-electron chi connectivity index (χ3n) is 4.92. The van der Waals surface area contributed by atoms with E-state index in [-0.39, 0.29) is 5.60 Å². The van der Waals surface area contributed by atoms with Crippen LogP contribution in [0.2, 0.25) is 0 Å². The number of ether oxygens (including phenoxy) is 2. The molecule has 2 saturated heterocycles. The summed E-state index contributed by atoms with van der Waals surface area (Å²) in [6.45, 7) is 3.56. The standard InChI is InChI=1S/C16H23NO2S/c1-2-12-8-14(20-15(12)3-1)10-17-13-4-6-19-16(9-13)5-7-18-11-16/h8,13,17H,1-7,9-11H2. The van der Waals surface area contributed by atoms with E-state index in [1.165, 1.54) is 24.1 Å². The van der Waals surface area contributed by atoms with E-state index >= 15 is 0 Å². The summed E-state index contributed by atoms with van der Waals surface area (Å²) >= 11 is 2.02. The zero-order valence-electron chi connectivity index (χ0n) is 12.0. The monoisotopic (exact) mass is 293 g/mol. The number of thiophene rings is 1. The Morgan fingerprint density at radius 3 is 3.20 bits per heavy atom. The second kappa shape index (κ2) is 5.41. The quantitative estimate of drug-likeness (QED) is 0.929. The molecule has 1 aliphatic carbocycles. The maximum atomic E-state index is 6.00. The van der Waals surface area contributed by atoms with E-state index in [0.29, 0.717) is 6.04 Å². The molecule has 0 bridgehead atoms. The van der Waals surface area contributed by atoms with Gasteiger partial charge in [-0.3, -0.25) is 0 Å². The van der Waals surface area contributed by atoms with Crippen molar-refractivity contribution >= 4 is 11.3 Å². The number of rotatable bonds is 3. The molecule has 3 aliphatic rings. The summed E-state index contributed by atoms with van der Waals surface area (Å²) in [5.74, 6) is 0. The molecule has 110 valence electrons. The van der Waals surface area contributed by atoms with Gasteiger partial charge in [-0.25, -0.2) is 0 Å². The van der Waals surface area contributed by atoms with Gasteiger partial charge in [-0.15, -0.1) is 11.3 Å². The third-order valence-corrected chi connectivity index (χ3v) is 6.16. The lowest BCUT2D eigenvalue weighted by molar-refractivity contribution is -0.0894. The van der Waals surface area contributed by atoms with Crippen LogP contribution < -0.4 is 5.32 Å². The minimum Gasteiger partial charge on any atom is -0.378 e. The lowest BCUT2D eigenvalue weighted by Gasteiger charge is -2.37. The highest BCUT2D eigenvalue weighted by Crippen LogP contribution is 2.34. The van der Waals surface area contributed by atoms with Crippen molar-refractivity contribution in [1.29, 1.82) is 0 Å². The van der Waals surface area contributed by atoms with Crippen LogP contribution >= 0.6 is 11.3 Å². The van der Waals surface area contributed by atoms with Crippen LogP contribution in [0.25, 0.3) is 0 Å². The summed E-state index contributed by atoms with van der Waals surface area (Å²) in [6, 6.07) is 3.01. The predicted octanol–water partition coefficient (Wildman–Crippen LogP) is 2.66. The first-order valence-electron chi connectivity index (χ1n) is 7.89. The van der Waals surface area contributed by atoms with Crippen molar-refractivity contribution in [3.63, 3.8) is 0 Å². The number of aryl methyl sites for hydroxylation is 2. The summed E-state index contributed by atoms with van der Waals surface area (Å²) in [5.41, 5.74) is 1.63. The molecule has 4 heteroatoms. The van der Waals surface area contributed by atoms with E-state index < -0.39 is 0 Å². The number of nitrogens with one attached hydrogen (secondary N) is 1. The van der Waals surface area contributed by atoms with Gasteiger partial charge in [0.15, 0.2) is 0 Å². The molecule has 1 aromatic heterocycles. The fourth-order valence-electron chi connectivity index (χ4n) is 3.79. The van der Waals surface area contributed by atoms with Crippen molar-refractivity contribution < 1.29 is 9.47 Å². The molecular weight excluding hydrogens is 270 g/mol. The Balaban J connectivity index is 1.34. The molecule has 0 saturated carbocycles. The van der Waals surface area contributed by atoms with Crippen LogP contribution in [0.1, 0.15) is 41.0 Å². The molecule has 3 heterocycles. The van der Waals surface area contributed by atoms with Crippen molar-refractivity contribution in [3.05, 3.63) is 21.4 Å². The maximum Gasteiger partial charge on any atom is 0.0951 e. The van der Waals surface area contributed by atoms with Crippen LogP contribution in [0.15, 0.2) is 6.07 Å². The first-order chi connectivity index (χ1) is 9.83. The minimum absolute atomic E-state index is 0.0210. The summed E-state index contributed by atoms with van der Waals surface area (Å²) in [5, 5.41) is 3.75. The molecule has 0 amide bonds. The summed E-state index contributed by atoms with van der Waals surface area (Å²) in [6.07, 6.45) is 7.27. The van der Waals surface area contributed by atoms with Gasteiger partial charge in [-0.2, -0.15) is 0 Å². The van der Waals surface area contributed by atoms with Crippen LogP contribution in [0.5, 0.6) is 0 Å². The van der Waals surface area contributed by atoms with E-state index in [9.17, 15) is 0 Å². The topological polar surface area (TPSA) is 30.5 Å². The average molecular weight is 293 g/mol. The highest BCUT2D eigenvalue weighted by molar-refractivity contribution is 7.12. The first kappa shape index (κ1) is 13.3. The van der Waals surface area contributed by atoms with Gasteiger partial charge < -0.3 is 14.8 Å². The first-order valence-corrected chi connectivity index (χ1v) is 8.70. The van der Waals surface area contributed by atoms with E-state index in [2.05, 4.69) is 11.4 Å². The van der Waals surface area contributed by atoms with Gasteiger partial charge in [-0.1, -0.05) is 0 Å². The second-order valence-corrected chi connectivity index (χ2v) is 7.64. The Morgan fingerprint density at radius 2 is 2.35 bits per heavy atom. The van der Waals surface area contributed by atoms with Gasteiger partial charge in [0.05, 0.1) is 12.2 Å². The van der Waals surface area contributed by atoms with Crippen LogP contribution in [-0.2, 0) is 28.9 Å². The van der Waals surface area contributed by atoms with Crippen molar-refractivity contribution in [2.75, 3.05) is 19.8 Å². The molecule has 1 spiro atoms. The Kier molecular flexibility index (Phi) is 3.59. The normalized spacial score (nSPS) is 32.9. The Morgan fingerprint density at radius 1 is 1.35 bits per heavy atom. The van der Waals surface area contributed by atoms with Crippen molar-refractivity contribution in [3.8, 4) is 0 Å². The SMILES string of the molecule is c1c(CNC2CCOC3(CCOC3)C2)sc2c1CCC2. The molecule has 3 nitrogen and oxygen atoms in total. The molecule has 0 aromatic carbocycles. The zero-order chi connectivity index (χ0) is 13.4. The second-order valence-electron chi connectivity index (χ2n) is 6.42. The van der Waals surface area contributed by atoms with E-state index in [1.807, 2.05) is 11.3 Å². The fourth-order valence-corrected chi connectivity index (χ4v) is 5.00. The lowest BCUT2D eigenvalue weighted by atomic mass is 9.90. The summed E-state index contributed by atoms with van der Waals surface area (Å²) in [4.78, 5) is 3.15. The molecule has 20 heavy (non-hydrogen) atoms. The third kappa shape index (κ3) is 2.54. The molecule has 2 atom stereocenters. The Bertz CT molecular complexity index is 457. The van der Waals surface area contributed by atoms with Gasteiger partial charge in [0.1, 0.15) is 0 Å². The van der Waals surface area contributed by atoms with E-state index in [0.717, 1.165) is 45.6 Å². The van der Waals surface area contributed by atoms with Crippen LogP contribution in [0.4, 0.5) is 0 Å². The van der Waals surface area contributed by atoms with Gasteiger partial charge in [0.2, 0.25) is 0 Å². The van der Waals surface area contributed by atoms with Crippen molar-refractivity contribution in [2.24, 2.45) is 0 Å². The highest BCUT2D eigenvalue weighted by Gasteiger charge is 2.40. The molecule has 2 aliphatic heterocycles. The molecule has 2 fully saturated rings. The average Bonchev–Trinajstić information content (AvgIpc) is 3.13. The molecule has 4 rings (SSSR count). The number of fused-ring (bicyclic) bond motifs is 1. The summed E-state index contributed by atoms with van der Waals surface area (Å²) < 4.78 is 11.5. The van der Waals surface area contributed by atoms with Crippen LogP contribution in [0.3, 0.4) is 0 Å².